The summed E-state index contributed by atoms with van der Waals surface area (Å²) >= 11 is 1.68. The van der Waals surface area contributed by atoms with Crippen molar-refractivity contribution in [1.29, 1.82) is 0 Å². The lowest BCUT2D eigenvalue weighted by Crippen LogP contribution is -2.27. The van der Waals surface area contributed by atoms with Gasteiger partial charge in [-0.2, -0.15) is 0 Å². The second-order valence-electron chi connectivity index (χ2n) is 4.39. The number of anilines is 2. The highest BCUT2D eigenvalue weighted by atomic mass is 32.1. The van der Waals surface area contributed by atoms with Crippen molar-refractivity contribution >= 4 is 32.9 Å². The van der Waals surface area contributed by atoms with Crippen LogP contribution < -0.4 is 10.6 Å². The van der Waals surface area contributed by atoms with E-state index in [0.717, 1.165) is 52.9 Å². The Hall–Kier alpha value is -1.33. The summed E-state index contributed by atoms with van der Waals surface area (Å²) in [6, 6.07) is 4.11. The number of fused-ring (bicyclic) bond motifs is 1. The quantitative estimate of drug-likeness (QED) is 0.652. The SMILES string of the molecule is CCOCCN(CC)c1cc2nc(C)sc2cc1N. The number of hydrogen-bond donors (Lipinski definition) is 1. The summed E-state index contributed by atoms with van der Waals surface area (Å²) in [6.07, 6.45) is 0. The number of nitrogens with two attached hydrogens (primary N) is 1. The Kier molecular flexibility index (Phi) is 4.61. The molecule has 2 aromatic rings. The Morgan fingerprint density at radius 3 is 2.84 bits per heavy atom. The molecule has 1 aromatic heterocycles. The molecule has 0 aliphatic heterocycles. The molecule has 1 aromatic carbocycles. The van der Waals surface area contributed by atoms with Gasteiger partial charge in [-0.15, -0.1) is 11.3 Å². The number of nitrogen functional groups attached to an aromatic ring is 1. The molecule has 0 aliphatic rings. The molecule has 0 amide bonds. The van der Waals surface area contributed by atoms with Crippen molar-refractivity contribution in [2.45, 2.75) is 20.8 Å². The van der Waals surface area contributed by atoms with Crippen LogP contribution in [0.1, 0.15) is 18.9 Å². The predicted octanol–water partition coefficient (Wildman–Crippen LogP) is 3.05. The van der Waals surface area contributed by atoms with Crippen LogP contribution in [-0.2, 0) is 4.74 Å². The zero-order chi connectivity index (χ0) is 13.8. The van der Waals surface area contributed by atoms with Crippen molar-refractivity contribution in [2.24, 2.45) is 0 Å². The fourth-order valence-corrected chi connectivity index (χ4v) is 2.99. The number of thiazole rings is 1. The van der Waals surface area contributed by atoms with Crippen LogP contribution in [0.2, 0.25) is 0 Å². The molecule has 0 atom stereocenters. The van der Waals surface area contributed by atoms with Gasteiger partial charge in [0.2, 0.25) is 0 Å². The zero-order valence-corrected chi connectivity index (χ0v) is 12.6. The second kappa shape index (κ2) is 6.21. The summed E-state index contributed by atoms with van der Waals surface area (Å²) in [5.41, 5.74) is 9.07. The molecule has 5 heteroatoms. The number of likely N-dealkylation sites (N-methyl/N-ethyl adjacent to an activating group) is 1. The van der Waals surface area contributed by atoms with Gasteiger partial charge in [-0.3, -0.25) is 0 Å². The van der Waals surface area contributed by atoms with Crippen LogP contribution in [0.4, 0.5) is 11.4 Å². The van der Waals surface area contributed by atoms with E-state index in [1.807, 2.05) is 19.9 Å². The third kappa shape index (κ3) is 3.16. The molecule has 1 heterocycles. The highest BCUT2D eigenvalue weighted by Crippen LogP contribution is 2.31. The Balaban J connectivity index is 2.28. The number of benzene rings is 1. The van der Waals surface area contributed by atoms with E-state index in [9.17, 15) is 0 Å². The summed E-state index contributed by atoms with van der Waals surface area (Å²) < 4.78 is 6.58. The topological polar surface area (TPSA) is 51.4 Å². The first-order chi connectivity index (χ1) is 9.15. The Morgan fingerprint density at radius 2 is 2.16 bits per heavy atom. The van der Waals surface area contributed by atoms with E-state index in [-0.39, 0.29) is 0 Å². The number of aromatic nitrogens is 1. The maximum Gasteiger partial charge on any atom is 0.0907 e. The van der Waals surface area contributed by atoms with Crippen molar-refractivity contribution in [1.82, 2.24) is 4.98 Å². The molecule has 0 saturated heterocycles. The minimum Gasteiger partial charge on any atom is -0.397 e. The highest BCUT2D eigenvalue weighted by molar-refractivity contribution is 7.18. The van der Waals surface area contributed by atoms with E-state index in [2.05, 4.69) is 22.9 Å². The minimum atomic E-state index is 0.720. The Bertz CT molecular complexity index is 553. The van der Waals surface area contributed by atoms with Crippen molar-refractivity contribution in [3.63, 3.8) is 0 Å². The van der Waals surface area contributed by atoms with E-state index in [1.54, 1.807) is 11.3 Å². The lowest BCUT2D eigenvalue weighted by molar-refractivity contribution is 0.154. The van der Waals surface area contributed by atoms with Gasteiger partial charge in [-0.05, 0) is 32.9 Å². The molecule has 0 spiro atoms. The average molecular weight is 279 g/mol. The van der Waals surface area contributed by atoms with Crippen LogP contribution in [-0.4, -0.2) is 31.3 Å². The van der Waals surface area contributed by atoms with E-state index < -0.39 is 0 Å². The van der Waals surface area contributed by atoms with Crippen LogP contribution in [0.15, 0.2) is 12.1 Å². The number of nitrogens with zero attached hydrogens (tertiary/aromatic N) is 2. The van der Waals surface area contributed by atoms with Crippen LogP contribution in [0, 0.1) is 6.92 Å². The van der Waals surface area contributed by atoms with Crippen LogP contribution in [0.3, 0.4) is 0 Å². The van der Waals surface area contributed by atoms with Gasteiger partial charge in [0.15, 0.2) is 0 Å². The standard InChI is InChI=1S/C14H21N3OS/c1-4-17(6-7-18-5-2)13-9-12-14(8-11(13)15)19-10(3)16-12/h8-9H,4-7,15H2,1-3H3. The molecule has 0 aliphatic carbocycles. The van der Waals surface area contributed by atoms with Crippen molar-refractivity contribution in [3.8, 4) is 0 Å². The number of rotatable bonds is 6. The van der Waals surface area contributed by atoms with Gasteiger partial charge < -0.3 is 15.4 Å². The molecule has 4 nitrogen and oxygen atoms in total. The van der Waals surface area contributed by atoms with Gasteiger partial charge in [0.1, 0.15) is 0 Å². The minimum absolute atomic E-state index is 0.720. The first-order valence-electron chi connectivity index (χ1n) is 6.65. The Morgan fingerprint density at radius 1 is 1.37 bits per heavy atom. The van der Waals surface area contributed by atoms with E-state index >= 15 is 0 Å². The number of aryl methyl sites for hydroxylation is 1. The molecule has 0 saturated carbocycles. The third-order valence-corrected chi connectivity index (χ3v) is 4.01. The molecular weight excluding hydrogens is 258 g/mol. The average Bonchev–Trinajstić information content (AvgIpc) is 2.73. The first-order valence-corrected chi connectivity index (χ1v) is 7.46. The summed E-state index contributed by atoms with van der Waals surface area (Å²) in [5.74, 6) is 0. The molecule has 0 bridgehead atoms. The molecule has 19 heavy (non-hydrogen) atoms. The largest absolute Gasteiger partial charge is 0.397 e. The van der Waals surface area contributed by atoms with Crippen molar-refractivity contribution < 1.29 is 4.74 Å². The summed E-state index contributed by atoms with van der Waals surface area (Å²) in [5, 5.41) is 1.07. The predicted molar refractivity (Wildman–Crippen MR) is 83.1 cm³/mol. The molecule has 0 radical (unpaired) electrons. The maximum absolute atomic E-state index is 6.17. The van der Waals surface area contributed by atoms with E-state index in [0.29, 0.717) is 0 Å². The van der Waals surface area contributed by atoms with Crippen LogP contribution in [0.25, 0.3) is 10.2 Å². The van der Waals surface area contributed by atoms with Crippen molar-refractivity contribution in [3.05, 3.63) is 17.1 Å². The van der Waals surface area contributed by atoms with Gasteiger partial charge in [0, 0.05) is 19.7 Å². The fourth-order valence-electron chi connectivity index (χ4n) is 2.14. The van der Waals surface area contributed by atoms with E-state index in [4.69, 9.17) is 10.5 Å². The smallest absolute Gasteiger partial charge is 0.0907 e. The molecule has 2 rings (SSSR count). The number of hydrogen-bond acceptors (Lipinski definition) is 5. The molecule has 104 valence electrons. The monoisotopic (exact) mass is 279 g/mol. The lowest BCUT2D eigenvalue weighted by Gasteiger charge is -2.24. The molecular formula is C14H21N3OS. The Labute approximate surface area is 118 Å². The summed E-state index contributed by atoms with van der Waals surface area (Å²) in [4.78, 5) is 6.77. The zero-order valence-electron chi connectivity index (χ0n) is 11.8. The van der Waals surface area contributed by atoms with Gasteiger partial charge in [0.25, 0.3) is 0 Å². The fraction of sp³-hybridized carbons (Fsp3) is 0.500. The van der Waals surface area contributed by atoms with Crippen LogP contribution >= 0.6 is 11.3 Å². The van der Waals surface area contributed by atoms with Gasteiger partial charge in [0.05, 0.1) is 33.2 Å². The lowest BCUT2D eigenvalue weighted by atomic mass is 10.2. The second-order valence-corrected chi connectivity index (χ2v) is 5.62. The summed E-state index contributed by atoms with van der Waals surface area (Å²) in [6.45, 7) is 9.38. The third-order valence-electron chi connectivity index (χ3n) is 3.08. The normalized spacial score (nSPS) is 11.1. The first kappa shape index (κ1) is 14.1. The van der Waals surface area contributed by atoms with Gasteiger partial charge >= 0.3 is 0 Å². The van der Waals surface area contributed by atoms with Gasteiger partial charge in [-0.1, -0.05) is 0 Å². The van der Waals surface area contributed by atoms with Crippen LogP contribution in [0.5, 0.6) is 0 Å². The maximum atomic E-state index is 6.17. The number of ether oxygens (including phenoxy) is 1. The van der Waals surface area contributed by atoms with Crippen molar-refractivity contribution in [2.75, 3.05) is 36.9 Å². The molecule has 2 N–H and O–H groups in total. The van der Waals surface area contributed by atoms with Gasteiger partial charge in [-0.25, -0.2) is 4.98 Å². The highest BCUT2D eigenvalue weighted by Gasteiger charge is 2.11. The molecule has 0 fully saturated rings. The summed E-state index contributed by atoms with van der Waals surface area (Å²) in [7, 11) is 0. The van der Waals surface area contributed by atoms with E-state index in [1.165, 1.54) is 0 Å². The molecule has 0 unspecified atom stereocenters.